The molecule has 0 aliphatic heterocycles. The van der Waals surface area contributed by atoms with Crippen LogP contribution < -0.4 is 5.43 Å². The maximum Gasteiger partial charge on any atom is 0.271 e. The summed E-state index contributed by atoms with van der Waals surface area (Å²) in [5, 5.41) is 3.82. The van der Waals surface area contributed by atoms with E-state index in [2.05, 4.69) is 10.5 Å². The predicted octanol–water partition coefficient (Wildman–Crippen LogP) is 2.59. The van der Waals surface area contributed by atoms with Crippen molar-refractivity contribution in [2.75, 3.05) is 0 Å². The van der Waals surface area contributed by atoms with E-state index < -0.39 is 0 Å². The van der Waals surface area contributed by atoms with Gasteiger partial charge in [0.15, 0.2) is 0 Å². The van der Waals surface area contributed by atoms with Crippen LogP contribution in [0.1, 0.15) is 15.9 Å². The molecule has 18 heavy (non-hydrogen) atoms. The molecular weight excluding hydrogens is 231 g/mol. The Balaban J connectivity index is 1.96. The van der Waals surface area contributed by atoms with Gasteiger partial charge in [-0.15, -0.1) is 0 Å². The molecule has 0 saturated carbocycles. The summed E-state index contributed by atoms with van der Waals surface area (Å²) in [4.78, 5) is 11.6. The van der Waals surface area contributed by atoms with E-state index in [9.17, 15) is 9.18 Å². The first kappa shape index (κ1) is 12.0. The third-order valence-corrected chi connectivity index (χ3v) is 2.29. The van der Waals surface area contributed by atoms with Crippen LogP contribution in [0.15, 0.2) is 59.7 Å². The SMILES string of the molecule is O=C(N/N=C/c1ccccc1)c1ccc(F)cc1. The van der Waals surface area contributed by atoms with Gasteiger partial charge in [0, 0.05) is 5.56 Å². The van der Waals surface area contributed by atoms with Crippen molar-refractivity contribution in [2.24, 2.45) is 5.10 Å². The Hall–Kier alpha value is -2.49. The van der Waals surface area contributed by atoms with E-state index in [1.807, 2.05) is 30.3 Å². The number of halogens is 1. The van der Waals surface area contributed by atoms with Crippen LogP contribution in [0.25, 0.3) is 0 Å². The third-order valence-electron chi connectivity index (χ3n) is 2.29. The van der Waals surface area contributed by atoms with E-state index in [-0.39, 0.29) is 11.7 Å². The van der Waals surface area contributed by atoms with E-state index in [0.29, 0.717) is 5.56 Å². The Bertz CT molecular complexity index is 550. The Morgan fingerprint density at radius 3 is 2.39 bits per heavy atom. The summed E-state index contributed by atoms with van der Waals surface area (Å²) in [5.74, 6) is -0.749. The van der Waals surface area contributed by atoms with Gasteiger partial charge in [-0.3, -0.25) is 4.79 Å². The number of hydrazone groups is 1. The Morgan fingerprint density at radius 2 is 1.72 bits per heavy atom. The number of benzene rings is 2. The zero-order chi connectivity index (χ0) is 12.8. The molecule has 0 atom stereocenters. The molecule has 3 nitrogen and oxygen atoms in total. The van der Waals surface area contributed by atoms with E-state index >= 15 is 0 Å². The van der Waals surface area contributed by atoms with Gasteiger partial charge in [0.25, 0.3) is 5.91 Å². The molecule has 0 aliphatic rings. The van der Waals surface area contributed by atoms with E-state index in [0.717, 1.165) is 5.56 Å². The highest BCUT2D eigenvalue weighted by Crippen LogP contribution is 2.02. The van der Waals surface area contributed by atoms with Crippen LogP contribution in [-0.2, 0) is 0 Å². The lowest BCUT2D eigenvalue weighted by atomic mass is 10.2. The van der Waals surface area contributed by atoms with Crippen molar-refractivity contribution in [1.29, 1.82) is 0 Å². The molecule has 90 valence electrons. The fraction of sp³-hybridized carbons (Fsp3) is 0. The van der Waals surface area contributed by atoms with Gasteiger partial charge in [-0.05, 0) is 29.8 Å². The van der Waals surface area contributed by atoms with Crippen LogP contribution >= 0.6 is 0 Å². The maximum atomic E-state index is 12.7. The molecule has 1 N–H and O–H groups in total. The van der Waals surface area contributed by atoms with Gasteiger partial charge < -0.3 is 0 Å². The summed E-state index contributed by atoms with van der Waals surface area (Å²) in [6, 6.07) is 14.7. The average Bonchev–Trinajstić information content (AvgIpc) is 2.40. The van der Waals surface area contributed by atoms with Gasteiger partial charge in [0.05, 0.1) is 6.21 Å². The van der Waals surface area contributed by atoms with Crippen molar-refractivity contribution in [3.05, 3.63) is 71.5 Å². The van der Waals surface area contributed by atoms with Crippen LogP contribution in [-0.4, -0.2) is 12.1 Å². The Morgan fingerprint density at radius 1 is 1.06 bits per heavy atom. The molecule has 1 amide bonds. The molecule has 0 saturated heterocycles. The minimum atomic E-state index is -0.376. The molecule has 0 heterocycles. The number of carbonyl (C=O) groups is 1. The summed E-state index contributed by atoms with van der Waals surface area (Å²) in [6.45, 7) is 0. The normalized spacial score (nSPS) is 10.5. The van der Waals surface area contributed by atoms with Crippen molar-refractivity contribution in [3.63, 3.8) is 0 Å². The quantitative estimate of drug-likeness (QED) is 0.652. The molecule has 0 bridgehead atoms. The van der Waals surface area contributed by atoms with Gasteiger partial charge in [0.1, 0.15) is 5.82 Å². The van der Waals surface area contributed by atoms with E-state index in [4.69, 9.17) is 0 Å². The largest absolute Gasteiger partial charge is 0.271 e. The Labute approximate surface area is 104 Å². The number of carbonyl (C=O) groups excluding carboxylic acids is 1. The van der Waals surface area contributed by atoms with Gasteiger partial charge >= 0.3 is 0 Å². The lowest BCUT2D eigenvalue weighted by Gasteiger charge is -1.99. The van der Waals surface area contributed by atoms with Crippen molar-refractivity contribution < 1.29 is 9.18 Å². The smallest absolute Gasteiger partial charge is 0.267 e. The number of hydrogen-bond donors (Lipinski definition) is 1. The van der Waals surface area contributed by atoms with Crippen LogP contribution in [0.3, 0.4) is 0 Å². The number of rotatable bonds is 3. The van der Waals surface area contributed by atoms with Gasteiger partial charge in [-0.2, -0.15) is 5.10 Å². The number of nitrogens with one attached hydrogen (secondary N) is 1. The number of amides is 1. The second-order valence-electron chi connectivity index (χ2n) is 3.62. The fourth-order valence-corrected chi connectivity index (χ4v) is 1.37. The molecule has 2 aromatic carbocycles. The van der Waals surface area contributed by atoms with Gasteiger partial charge in [0.2, 0.25) is 0 Å². The monoisotopic (exact) mass is 242 g/mol. The molecule has 0 unspecified atom stereocenters. The number of nitrogens with zero attached hydrogens (tertiary/aromatic N) is 1. The fourth-order valence-electron chi connectivity index (χ4n) is 1.37. The summed E-state index contributed by atoms with van der Waals surface area (Å²) >= 11 is 0. The highest BCUT2D eigenvalue weighted by molar-refractivity contribution is 5.94. The predicted molar refractivity (Wildman–Crippen MR) is 67.9 cm³/mol. The van der Waals surface area contributed by atoms with Crippen molar-refractivity contribution >= 4 is 12.1 Å². The molecule has 4 heteroatoms. The lowest BCUT2D eigenvalue weighted by Crippen LogP contribution is -2.17. The molecule has 0 aromatic heterocycles. The second-order valence-corrected chi connectivity index (χ2v) is 3.62. The third kappa shape index (κ3) is 3.25. The first-order valence-electron chi connectivity index (χ1n) is 5.40. The molecule has 2 rings (SSSR count). The summed E-state index contributed by atoms with van der Waals surface area (Å²) < 4.78 is 12.7. The first-order chi connectivity index (χ1) is 8.75. The summed E-state index contributed by atoms with van der Waals surface area (Å²) in [7, 11) is 0. The van der Waals surface area contributed by atoms with Crippen LogP contribution in [0, 0.1) is 5.82 Å². The van der Waals surface area contributed by atoms with Crippen molar-refractivity contribution in [3.8, 4) is 0 Å². The zero-order valence-electron chi connectivity index (χ0n) is 9.51. The average molecular weight is 242 g/mol. The molecule has 0 spiro atoms. The molecule has 2 aromatic rings. The first-order valence-corrected chi connectivity index (χ1v) is 5.40. The molecule has 0 fully saturated rings. The van der Waals surface area contributed by atoms with Crippen molar-refractivity contribution in [1.82, 2.24) is 5.43 Å². The maximum absolute atomic E-state index is 12.7. The minimum absolute atomic E-state index is 0.363. The topological polar surface area (TPSA) is 41.5 Å². The summed E-state index contributed by atoms with van der Waals surface area (Å²) in [6.07, 6.45) is 1.54. The van der Waals surface area contributed by atoms with Crippen LogP contribution in [0.4, 0.5) is 4.39 Å². The summed E-state index contributed by atoms with van der Waals surface area (Å²) in [5.41, 5.74) is 3.62. The van der Waals surface area contributed by atoms with E-state index in [1.165, 1.54) is 24.3 Å². The van der Waals surface area contributed by atoms with Crippen LogP contribution in [0.2, 0.25) is 0 Å². The molecule has 0 radical (unpaired) electrons. The highest BCUT2D eigenvalue weighted by Gasteiger charge is 2.03. The van der Waals surface area contributed by atoms with E-state index in [1.54, 1.807) is 6.21 Å². The van der Waals surface area contributed by atoms with Crippen molar-refractivity contribution in [2.45, 2.75) is 0 Å². The minimum Gasteiger partial charge on any atom is -0.267 e. The van der Waals surface area contributed by atoms with Gasteiger partial charge in [-0.1, -0.05) is 30.3 Å². The zero-order valence-corrected chi connectivity index (χ0v) is 9.51. The highest BCUT2D eigenvalue weighted by atomic mass is 19.1. The standard InChI is InChI=1S/C14H11FN2O/c15-13-8-6-12(7-9-13)14(18)17-16-10-11-4-2-1-3-5-11/h1-10H,(H,17,18)/b16-10+. The molecule has 0 aliphatic carbocycles. The lowest BCUT2D eigenvalue weighted by molar-refractivity contribution is 0.0955. The van der Waals surface area contributed by atoms with Crippen LogP contribution in [0.5, 0.6) is 0 Å². The second kappa shape index (κ2) is 5.72. The Kier molecular flexibility index (Phi) is 3.81. The number of hydrogen-bond acceptors (Lipinski definition) is 2. The molecular formula is C14H11FN2O. The van der Waals surface area contributed by atoms with Gasteiger partial charge in [-0.25, -0.2) is 9.82 Å².